The molecule has 0 spiro atoms. The van der Waals surface area contributed by atoms with Gasteiger partial charge >= 0.3 is 13.6 Å². The highest BCUT2D eigenvalue weighted by Crippen LogP contribution is 2.43. The number of aliphatic carboxylic acids is 1. The van der Waals surface area contributed by atoms with Gasteiger partial charge in [-0.3, -0.25) is 9.36 Å². The number of carboxylic acids is 1. The zero-order valence-corrected chi connectivity index (χ0v) is 14.1. The molecule has 0 saturated heterocycles. The van der Waals surface area contributed by atoms with Gasteiger partial charge in [0.2, 0.25) is 0 Å². The van der Waals surface area contributed by atoms with Crippen molar-refractivity contribution < 1.29 is 24.3 Å². The fourth-order valence-electron chi connectivity index (χ4n) is 2.44. The third-order valence-electron chi connectivity index (χ3n) is 3.77. The number of carboxylic acid groups (broad SMARTS) is 1. The summed E-state index contributed by atoms with van der Waals surface area (Å²) in [5.74, 6) is -1.39. The predicted molar refractivity (Wildman–Crippen MR) is 84.5 cm³/mol. The minimum absolute atomic E-state index is 0.0661. The molecule has 0 aromatic heterocycles. The third-order valence-corrected chi connectivity index (χ3v) is 5.06. The molecule has 21 heavy (non-hydrogen) atoms. The summed E-state index contributed by atoms with van der Waals surface area (Å²) in [4.78, 5) is 28.6. The zero-order chi connectivity index (χ0) is 16.1. The molecule has 1 unspecified atom stereocenters. The third kappa shape index (κ3) is 11.9. The average molecular weight is 322 g/mol. The highest BCUT2D eigenvalue weighted by molar-refractivity contribution is 7.53. The van der Waals surface area contributed by atoms with E-state index in [2.05, 4.69) is 6.92 Å². The van der Waals surface area contributed by atoms with Gasteiger partial charge in [-0.15, -0.1) is 0 Å². The Hall–Kier alpha value is -0.380. The second-order valence-electron chi connectivity index (χ2n) is 5.77. The molecule has 3 N–H and O–H groups in total. The Balaban J connectivity index is 3.47. The van der Waals surface area contributed by atoms with Crippen molar-refractivity contribution in [2.75, 3.05) is 0 Å². The van der Waals surface area contributed by atoms with E-state index in [1.807, 2.05) is 0 Å². The minimum Gasteiger partial charge on any atom is -0.481 e. The lowest BCUT2D eigenvalue weighted by molar-refractivity contribution is -0.137. The highest BCUT2D eigenvalue weighted by Gasteiger charge is 2.34. The van der Waals surface area contributed by atoms with Crippen LogP contribution in [0.4, 0.5) is 0 Å². The molecular weight excluding hydrogens is 291 g/mol. The van der Waals surface area contributed by atoms with Gasteiger partial charge in [0, 0.05) is 0 Å². The van der Waals surface area contributed by atoms with Gasteiger partial charge < -0.3 is 14.9 Å². The largest absolute Gasteiger partial charge is 0.481 e. The summed E-state index contributed by atoms with van der Waals surface area (Å²) >= 11 is 0. The maximum Gasteiger partial charge on any atom is 0.339 e. The first kappa shape index (κ1) is 20.6. The molecule has 0 radical (unpaired) electrons. The van der Waals surface area contributed by atoms with Crippen LogP contribution in [0.5, 0.6) is 0 Å². The van der Waals surface area contributed by atoms with Gasteiger partial charge in [0.25, 0.3) is 0 Å². The van der Waals surface area contributed by atoms with E-state index in [9.17, 15) is 9.36 Å². The van der Waals surface area contributed by atoms with Crippen LogP contribution >= 0.6 is 7.60 Å². The SMILES string of the molecule is CCCCCCCCCCCCCC(C(=O)O)P(=O)(O)O. The van der Waals surface area contributed by atoms with Crippen LogP contribution in [0.15, 0.2) is 0 Å². The van der Waals surface area contributed by atoms with Crippen molar-refractivity contribution >= 4 is 13.6 Å². The Kier molecular flexibility index (Phi) is 12.0. The fourth-order valence-corrected chi connectivity index (χ4v) is 3.24. The number of hydrogen-bond donors (Lipinski definition) is 3. The molecule has 0 bridgehead atoms. The van der Waals surface area contributed by atoms with Crippen LogP contribution in [0.2, 0.25) is 0 Å². The molecule has 126 valence electrons. The number of carbonyl (C=O) groups is 1. The molecule has 1 atom stereocenters. The minimum atomic E-state index is -4.51. The van der Waals surface area contributed by atoms with Gasteiger partial charge in [-0.25, -0.2) is 0 Å². The topological polar surface area (TPSA) is 94.8 Å². The van der Waals surface area contributed by atoms with Crippen molar-refractivity contribution in [2.45, 2.75) is 89.6 Å². The Labute approximate surface area is 128 Å². The fraction of sp³-hybridized carbons (Fsp3) is 0.933. The molecule has 0 saturated carbocycles. The number of rotatable bonds is 14. The molecule has 0 aliphatic carbocycles. The van der Waals surface area contributed by atoms with E-state index < -0.39 is 19.2 Å². The Morgan fingerprint density at radius 2 is 1.24 bits per heavy atom. The van der Waals surface area contributed by atoms with Gasteiger partial charge in [0.15, 0.2) is 5.66 Å². The Morgan fingerprint density at radius 3 is 1.57 bits per heavy atom. The molecule has 0 aromatic rings. The normalized spacial score (nSPS) is 13.3. The highest BCUT2D eigenvalue weighted by atomic mass is 31.2. The van der Waals surface area contributed by atoms with E-state index in [0.29, 0.717) is 6.42 Å². The van der Waals surface area contributed by atoms with E-state index in [0.717, 1.165) is 19.3 Å². The summed E-state index contributed by atoms with van der Waals surface area (Å²) in [6.45, 7) is 2.21. The van der Waals surface area contributed by atoms with Gasteiger partial charge in [-0.2, -0.15) is 0 Å². The van der Waals surface area contributed by atoms with Crippen molar-refractivity contribution in [2.24, 2.45) is 0 Å². The lowest BCUT2D eigenvalue weighted by atomic mass is 10.0. The van der Waals surface area contributed by atoms with Crippen molar-refractivity contribution in [3.63, 3.8) is 0 Å². The number of hydrogen-bond acceptors (Lipinski definition) is 2. The van der Waals surface area contributed by atoms with Crippen LogP contribution < -0.4 is 0 Å². The first-order valence-electron chi connectivity index (χ1n) is 8.17. The van der Waals surface area contributed by atoms with Crippen molar-refractivity contribution in [1.29, 1.82) is 0 Å². The second kappa shape index (κ2) is 12.2. The molecule has 0 aliphatic heterocycles. The van der Waals surface area contributed by atoms with Gasteiger partial charge in [0.05, 0.1) is 0 Å². The summed E-state index contributed by atoms with van der Waals surface area (Å²) in [5.41, 5.74) is -1.53. The molecular formula is C15H31O5P. The van der Waals surface area contributed by atoms with Crippen LogP contribution in [-0.4, -0.2) is 26.5 Å². The molecule has 6 heteroatoms. The second-order valence-corrected chi connectivity index (χ2v) is 7.57. The predicted octanol–water partition coefficient (Wildman–Crippen LogP) is 4.32. The van der Waals surface area contributed by atoms with E-state index >= 15 is 0 Å². The smallest absolute Gasteiger partial charge is 0.339 e. The van der Waals surface area contributed by atoms with Crippen LogP contribution in [-0.2, 0) is 9.36 Å². The van der Waals surface area contributed by atoms with Crippen LogP contribution in [0.25, 0.3) is 0 Å². The molecule has 5 nitrogen and oxygen atoms in total. The standard InChI is InChI=1S/C15H31O5P/c1-2-3-4-5-6-7-8-9-10-11-12-13-14(15(16)17)21(18,19)20/h14H,2-13H2,1H3,(H,16,17)(H2,18,19,20). The van der Waals surface area contributed by atoms with Crippen molar-refractivity contribution in [3.05, 3.63) is 0 Å². The monoisotopic (exact) mass is 322 g/mol. The summed E-state index contributed by atoms with van der Waals surface area (Å²) in [5, 5.41) is 8.78. The Morgan fingerprint density at radius 1 is 0.857 bits per heavy atom. The molecule has 0 amide bonds. The van der Waals surface area contributed by atoms with Crippen LogP contribution in [0.3, 0.4) is 0 Å². The maximum atomic E-state index is 11.0. The maximum absolute atomic E-state index is 11.0. The molecule has 0 aromatic carbocycles. The lowest BCUT2D eigenvalue weighted by Gasteiger charge is -2.13. The first-order chi connectivity index (χ1) is 9.89. The summed E-state index contributed by atoms with van der Waals surface area (Å²) in [7, 11) is -4.51. The van der Waals surface area contributed by atoms with Crippen LogP contribution in [0.1, 0.15) is 84.0 Å². The van der Waals surface area contributed by atoms with Crippen molar-refractivity contribution in [3.8, 4) is 0 Å². The first-order valence-corrected chi connectivity index (χ1v) is 9.85. The van der Waals surface area contributed by atoms with Gasteiger partial charge in [-0.05, 0) is 6.42 Å². The van der Waals surface area contributed by atoms with E-state index in [1.54, 1.807) is 0 Å². The molecule has 0 aliphatic rings. The average Bonchev–Trinajstić information content (AvgIpc) is 2.38. The van der Waals surface area contributed by atoms with Gasteiger partial charge in [-0.1, -0.05) is 77.6 Å². The van der Waals surface area contributed by atoms with Crippen LogP contribution in [0, 0.1) is 0 Å². The summed E-state index contributed by atoms with van der Waals surface area (Å²) < 4.78 is 11.0. The zero-order valence-electron chi connectivity index (χ0n) is 13.2. The van der Waals surface area contributed by atoms with E-state index in [-0.39, 0.29) is 6.42 Å². The van der Waals surface area contributed by atoms with E-state index in [1.165, 1.54) is 44.9 Å². The van der Waals surface area contributed by atoms with Crippen molar-refractivity contribution in [1.82, 2.24) is 0 Å². The quantitative estimate of drug-likeness (QED) is 0.327. The summed E-state index contributed by atoms with van der Waals surface area (Å²) in [6, 6.07) is 0. The Bertz CT molecular complexity index is 313. The van der Waals surface area contributed by atoms with E-state index in [4.69, 9.17) is 14.9 Å². The molecule has 0 rings (SSSR count). The molecule has 0 heterocycles. The van der Waals surface area contributed by atoms with Gasteiger partial charge in [0.1, 0.15) is 0 Å². The number of unbranched alkanes of at least 4 members (excludes halogenated alkanes) is 10. The summed E-state index contributed by atoms with van der Waals surface area (Å²) in [6.07, 6.45) is 12.6. The lowest BCUT2D eigenvalue weighted by Crippen LogP contribution is -2.20. The molecule has 0 fully saturated rings.